The van der Waals surface area contributed by atoms with Crippen molar-refractivity contribution in [3.05, 3.63) is 28.6 Å². The van der Waals surface area contributed by atoms with Crippen molar-refractivity contribution in [2.24, 2.45) is 0 Å². The monoisotopic (exact) mass is 236 g/mol. The lowest BCUT2D eigenvalue weighted by atomic mass is 10.2. The molecule has 1 fully saturated rings. The van der Waals surface area contributed by atoms with Gasteiger partial charge in [0.05, 0.1) is 4.92 Å². The average Bonchev–Trinajstić information content (AvgIpc) is 2.81. The van der Waals surface area contributed by atoms with Gasteiger partial charge in [-0.15, -0.1) is 0 Å². The number of nitrogens with zero attached hydrogens (tertiary/aromatic N) is 3. The molecule has 1 aromatic rings. The summed E-state index contributed by atoms with van der Waals surface area (Å²) in [7, 11) is 1.88. The van der Waals surface area contributed by atoms with Gasteiger partial charge < -0.3 is 10.2 Å². The Balaban J connectivity index is 2.12. The number of rotatable bonds is 4. The molecule has 1 N–H and O–H groups in total. The molecule has 0 bridgehead atoms. The zero-order chi connectivity index (χ0) is 12.3. The van der Waals surface area contributed by atoms with Crippen LogP contribution in [0.3, 0.4) is 0 Å². The largest absolute Gasteiger partial charge is 0.367 e. The molecule has 1 saturated heterocycles. The summed E-state index contributed by atoms with van der Waals surface area (Å²) in [4.78, 5) is 16.2. The van der Waals surface area contributed by atoms with Crippen molar-refractivity contribution in [1.82, 2.24) is 10.3 Å². The zero-order valence-corrected chi connectivity index (χ0v) is 9.80. The highest BCUT2D eigenvalue weighted by atomic mass is 16.6. The fourth-order valence-electron chi connectivity index (χ4n) is 2.18. The Morgan fingerprint density at radius 2 is 2.53 bits per heavy atom. The maximum Gasteiger partial charge on any atom is 0.310 e. The summed E-state index contributed by atoms with van der Waals surface area (Å²) < 4.78 is 0. The van der Waals surface area contributed by atoms with Crippen molar-refractivity contribution in [2.45, 2.75) is 18.9 Å². The first kappa shape index (κ1) is 11.8. The van der Waals surface area contributed by atoms with Crippen LogP contribution in [0, 0.1) is 10.1 Å². The van der Waals surface area contributed by atoms with Crippen molar-refractivity contribution in [2.75, 3.05) is 25.0 Å². The van der Waals surface area contributed by atoms with Crippen LogP contribution in [0.1, 0.15) is 12.8 Å². The lowest BCUT2D eigenvalue weighted by molar-refractivity contribution is -0.384. The summed E-state index contributed by atoms with van der Waals surface area (Å²) in [5.41, 5.74) is 0.687. The van der Waals surface area contributed by atoms with E-state index in [0.29, 0.717) is 11.7 Å². The van der Waals surface area contributed by atoms with E-state index in [4.69, 9.17) is 0 Å². The zero-order valence-electron chi connectivity index (χ0n) is 9.80. The second kappa shape index (κ2) is 5.09. The molecule has 1 atom stereocenters. The lowest BCUT2D eigenvalue weighted by Crippen LogP contribution is -2.35. The van der Waals surface area contributed by atoms with Crippen LogP contribution in [0.4, 0.5) is 11.4 Å². The molecule has 6 nitrogen and oxygen atoms in total. The second-order valence-electron chi connectivity index (χ2n) is 4.30. The van der Waals surface area contributed by atoms with E-state index in [9.17, 15) is 10.1 Å². The second-order valence-corrected chi connectivity index (χ2v) is 4.30. The minimum absolute atomic E-state index is 0.0630. The third kappa shape index (κ3) is 2.71. The van der Waals surface area contributed by atoms with E-state index in [1.54, 1.807) is 12.3 Å². The van der Waals surface area contributed by atoms with Crippen LogP contribution >= 0.6 is 0 Å². The van der Waals surface area contributed by atoms with E-state index in [1.165, 1.54) is 12.6 Å². The fourth-order valence-corrected chi connectivity index (χ4v) is 2.18. The number of aromatic nitrogens is 1. The van der Waals surface area contributed by atoms with Gasteiger partial charge in [-0.1, -0.05) is 0 Å². The molecule has 0 aliphatic carbocycles. The molecular weight excluding hydrogens is 220 g/mol. The molecule has 1 aliphatic rings. The van der Waals surface area contributed by atoms with Crippen LogP contribution in [0.2, 0.25) is 0 Å². The smallest absolute Gasteiger partial charge is 0.310 e. The molecular formula is C11H16N4O2. The maximum atomic E-state index is 10.9. The summed E-state index contributed by atoms with van der Waals surface area (Å²) >= 11 is 0. The third-order valence-corrected chi connectivity index (χ3v) is 3.04. The van der Waals surface area contributed by atoms with Crippen LogP contribution < -0.4 is 10.2 Å². The molecule has 92 valence electrons. The number of anilines is 1. The Hall–Kier alpha value is -1.69. The van der Waals surface area contributed by atoms with E-state index in [1.807, 2.05) is 11.9 Å². The van der Waals surface area contributed by atoms with Gasteiger partial charge in [-0.3, -0.25) is 15.1 Å². The van der Waals surface area contributed by atoms with Crippen LogP contribution in [-0.2, 0) is 0 Å². The van der Waals surface area contributed by atoms with Crippen LogP contribution in [0.25, 0.3) is 0 Å². The van der Waals surface area contributed by atoms with Gasteiger partial charge in [0.2, 0.25) is 0 Å². The number of hydrogen-bond donors (Lipinski definition) is 1. The molecule has 0 spiro atoms. The van der Waals surface area contributed by atoms with Gasteiger partial charge in [0, 0.05) is 25.8 Å². The minimum Gasteiger partial charge on any atom is -0.367 e. The van der Waals surface area contributed by atoms with Gasteiger partial charge in [-0.2, -0.15) is 0 Å². The Bertz CT molecular complexity index is 404. The Morgan fingerprint density at radius 3 is 3.18 bits per heavy atom. The van der Waals surface area contributed by atoms with E-state index in [-0.39, 0.29) is 10.6 Å². The number of likely N-dealkylation sites (N-methyl/N-ethyl adjacent to an activating group) is 1. The van der Waals surface area contributed by atoms with E-state index in [2.05, 4.69) is 10.3 Å². The summed E-state index contributed by atoms with van der Waals surface area (Å²) in [6.45, 7) is 1.82. The first-order chi connectivity index (χ1) is 8.18. The van der Waals surface area contributed by atoms with Gasteiger partial charge in [0.1, 0.15) is 11.9 Å². The fraction of sp³-hybridized carbons (Fsp3) is 0.545. The molecule has 0 saturated carbocycles. The highest BCUT2D eigenvalue weighted by Gasteiger charge is 2.21. The maximum absolute atomic E-state index is 10.9. The summed E-state index contributed by atoms with van der Waals surface area (Å²) in [5.74, 6) is 0. The average molecular weight is 236 g/mol. The molecule has 2 heterocycles. The first-order valence-electron chi connectivity index (χ1n) is 5.71. The molecule has 1 aromatic heterocycles. The van der Waals surface area contributed by atoms with Crippen LogP contribution in [0.5, 0.6) is 0 Å². The highest BCUT2D eigenvalue weighted by Crippen LogP contribution is 2.25. The predicted octanol–water partition coefficient (Wildman–Crippen LogP) is 1.18. The lowest BCUT2D eigenvalue weighted by Gasteiger charge is -2.22. The van der Waals surface area contributed by atoms with Crippen molar-refractivity contribution in [3.63, 3.8) is 0 Å². The van der Waals surface area contributed by atoms with Gasteiger partial charge in [-0.25, -0.2) is 0 Å². The topological polar surface area (TPSA) is 71.3 Å². The van der Waals surface area contributed by atoms with E-state index in [0.717, 1.165) is 19.5 Å². The first-order valence-corrected chi connectivity index (χ1v) is 5.71. The SMILES string of the molecule is CN(CC1CCCN1)c1ccncc1[N+](=O)[O-]. The quantitative estimate of drug-likeness (QED) is 0.627. The molecule has 0 radical (unpaired) electrons. The molecule has 1 aliphatic heterocycles. The number of pyridine rings is 1. The minimum atomic E-state index is -0.388. The van der Waals surface area contributed by atoms with Gasteiger partial charge in [0.15, 0.2) is 0 Å². The standard InChI is InChI=1S/C11H16N4O2/c1-14(8-9-3-2-5-13-9)10-4-6-12-7-11(10)15(16)17/h4,6-7,9,13H,2-3,5,8H2,1H3. The van der Waals surface area contributed by atoms with Crippen LogP contribution in [-0.4, -0.2) is 36.1 Å². The third-order valence-electron chi connectivity index (χ3n) is 3.04. The van der Waals surface area contributed by atoms with Crippen molar-refractivity contribution >= 4 is 11.4 Å². The van der Waals surface area contributed by atoms with Gasteiger partial charge >= 0.3 is 5.69 Å². The molecule has 6 heteroatoms. The van der Waals surface area contributed by atoms with Crippen molar-refractivity contribution < 1.29 is 4.92 Å². The number of nitrogens with one attached hydrogen (secondary N) is 1. The predicted molar refractivity (Wildman–Crippen MR) is 65.2 cm³/mol. The van der Waals surface area contributed by atoms with E-state index >= 15 is 0 Å². The number of nitro groups is 1. The Labute approximate surface area is 99.8 Å². The Morgan fingerprint density at radius 1 is 1.71 bits per heavy atom. The summed E-state index contributed by atoms with van der Waals surface area (Å²) in [6.07, 6.45) is 5.19. The molecule has 0 amide bonds. The molecule has 1 unspecified atom stereocenters. The molecule has 0 aromatic carbocycles. The summed E-state index contributed by atoms with van der Waals surface area (Å²) in [5, 5.41) is 14.3. The van der Waals surface area contributed by atoms with Crippen molar-refractivity contribution in [1.29, 1.82) is 0 Å². The molecule has 2 rings (SSSR count). The van der Waals surface area contributed by atoms with E-state index < -0.39 is 0 Å². The number of hydrogen-bond acceptors (Lipinski definition) is 5. The van der Waals surface area contributed by atoms with Crippen LogP contribution in [0.15, 0.2) is 18.5 Å². The van der Waals surface area contributed by atoms with Gasteiger partial charge in [-0.05, 0) is 25.5 Å². The molecule has 17 heavy (non-hydrogen) atoms. The summed E-state index contributed by atoms with van der Waals surface area (Å²) in [6, 6.07) is 2.11. The van der Waals surface area contributed by atoms with Crippen molar-refractivity contribution in [3.8, 4) is 0 Å². The van der Waals surface area contributed by atoms with Gasteiger partial charge in [0.25, 0.3) is 0 Å². The highest BCUT2D eigenvalue weighted by molar-refractivity contribution is 5.61. The Kier molecular flexibility index (Phi) is 3.53. The normalized spacial score (nSPS) is 19.2.